The van der Waals surface area contributed by atoms with Gasteiger partial charge in [-0.3, -0.25) is 24.6 Å². The van der Waals surface area contributed by atoms with E-state index in [-0.39, 0.29) is 29.7 Å². The third-order valence-electron chi connectivity index (χ3n) is 10.4. The monoisotopic (exact) mass is 507 g/mol. The molecule has 0 aromatic heterocycles. The molecule has 198 valence electrons. The standard InChI is InChI=1S/C29H37N3O5/c1-36-21-7-5-17(6-8-21)20-14-31(15-20)24-3-2-4-25(24)37-22-9-10-23-18(11-22)16-32(27(23)34)29-12-19(13-29)26(33)30-28(29)35/h9-11,17,19-21,24-25H,2-8,12-16H2,1H3,(H,30,33,35)/t17?,19?,21?,24-,25+,29?/m1/s1. The predicted molar refractivity (Wildman–Crippen MR) is 135 cm³/mol. The highest BCUT2D eigenvalue weighted by Gasteiger charge is 2.63. The Bertz CT molecular complexity index is 1120. The number of amides is 3. The number of carbonyl (C=O) groups is 3. The number of hydrogen-bond donors (Lipinski definition) is 1. The van der Waals surface area contributed by atoms with Crippen molar-refractivity contribution in [3.63, 3.8) is 0 Å². The average Bonchev–Trinajstić information content (AvgIpc) is 3.42. The van der Waals surface area contributed by atoms with Crippen LogP contribution < -0.4 is 10.1 Å². The molecule has 2 bridgehead atoms. The molecule has 0 spiro atoms. The number of nitrogens with zero attached hydrogens (tertiary/aromatic N) is 2. The molecule has 37 heavy (non-hydrogen) atoms. The van der Waals surface area contributed by atoms with Crippen molar-refractivity contribution >= 4 is 17.7 Å². The average molecular weight is 508 g/mol. The number of likely N-dealkylation sites (tertiary alicyclic amines) is 1. The highest BCUT2D eigenvalue weighted by Crippen LogP contribution is 2.49. The van der Waals surface area contributed by atoms with Gasteiger partial charge in [0.05, 0.1) is 6.10 Å². The maximum atomic E-state index is 13.2. The minimum Gasteiger partial charge on any atom is -0.489 e. The molecule has 3 saturated carbocycles. The summed E-state index contributed by atoms with van der Waals surface area (Å²) in [5.41, 5.74) is 0.685. The molecular formula is C29H37N3O5. The van der Waals surface area contributed by atoms with Gasteiger partial charge >= 0.3 is 0 Å². The Hall–Kier alpha value is -2.45. The van der Waals surface area contributed by atoms with Gasteiger partial charge < -0.3 is 14.4 Å². The lowest BCUT2D eigenvalue weighted by molar-refractivity contribution is -0.160. The Labute approximate surface area is 218 Å². The van der Waals surface area contributed by atoms with Crippen molar-refractivity contribution in [2.75, 3.05) is 20.2 Å². The van der Waals surface area contributed by atoms with Gasteiger partial charge in [0.1, 0.15) is 17.4 Å². The Morgan fingerprint density at radius 1 is 0.973 bits per heavy atom. The fourth-order valence-electron chi connectivity index (χ4n) is 8.07. The summed E-state index contributed by atoms with van der Waals surface area (Å²) in [5, 5.41) is 2.45. The number of ether oxygens (including phenoxy) is 2. The van der Waals surface area contributed by atoms with E-state index in [2.05, 4.69) is 10.2 Å². The van der Waals surface area contributed by atoms with Crippen LogP contribution in [-0.4, -0.2) is 71.5 Å². The number of fused-ring (bicyclic) bond motifs is 3. The van der Waals surface area contributed by atoms with Crippen LogP contribution in [0.4, 0.5) is 0 Å². The molecule has 7 aliphatic rings. The first kappa shape index (κ1) is 23.7. The molecule has 3 saturated heterocycles. The topological polar surface area (TPSA) is 88.2 Å². The first-order chi connectivity index (χ1) is 17.9. The van der Waals surface area contributed by atoms with Gasteiger partial charge in [-0.05, 0) is 93.4 Å². The normalized spacial score (nSPS) is 37.7. The molecule has 2 atom stereocenters. The van der Waals surface area contributed by atoms with Crippen LogP contribution >= 0.6 is 0 Å². The fourth-order valence-corrected chi connectivity index (χ4v) is 8.07. The van der Waals surface area contributed by atoms with Crippen LogP contribution in [0.25, 0.3) is 0 Å². The van der Waals surface area contributed by atoms with Gasteiger partial charge in [0.25, 0.3) is 11.8 Å². The van der Waals surface area contributed by atoms with Gasteiger partial charge in [-0.25, -0.2) is 0 Å². The van der Waals surface area contributed by atoms with E-state index in [0.29, 0.717) is 37.1 Å². The van der Waals surface area contributed by atoms with Gasteiger partial charge in [-0.15, -0.1) is 0 Å². The van der Waals surface area contributed by atoms with E-state index in [0.717, 1.165) is 29.6 Å². The van der Waals surface area contributed by atoms with Crippen LogP contribution in [0, 0.1) is 17.8 Å². The van der Waals surface area contributed by atoms with E-state index < -0.39 is 5.54 Å². The summed E-state index contributed by atoms with van der Waals surface area (Å²) in [7, 11) is 1.84. The van der Waals surface area contributed by atoms with Crippen molar-refractivity contribution in [2.45, 2.75) is 88.1 Å². The highest BCUT2D eigenvalue weighted by atomic mass is 16.5. The van der Waals surface area contributed by atoms with Crippen LogP contribution in [0.1, 0.15) is 73.7 Å². The van der Waals surface area contributed by atoms with Crippen LogP contribution in [0.2, 0.25) is 0 Å². The van der Waals surface area contributed by atoms with Crippen LogP contribution in [-0.2, 0) is 20.9 Å². The maximum Gasteiger partial charge on any atom is 0.255 e. The molecule has 3 aliphatic carbocycles. The lowest BCUT2D eigenvalue weighted by atomic mass is 9.63. The number of methoxy groups -OCH3 is 1. The number of piperidine rings is 2. The smallest absolute Gasteiger partial charge is 0.255 e. The lowest BCUT2D eigenvalue weighted by Crippen LogP contribution is -2.73. The summed E-state index contributed by atoms with van der Waals surface area (Å²) in [4.78, 5) is 42.1. The quantitative estimate of drug-likeness (QED) is 0.596. The Kier molecular flexibility index (Phi) is 5.63. The first-order valence-electron chi connectivity index (χ1n) is 14.2. The minimum absolute atomic E-state index is 0.116. The summed E-state index contributed by atoms with van der Waals surface area (Å²) in [6.45, 7) is 2.77. The molecule has 6 fully saturated rings. The number of imide groups is 1. The molecule has 8 heteroatoms. The predicted octanol–water partition coefficient (Wildman–Crippen LogP) is 2.88. The van der Waals surface area contributed by atoms with Crippen molar-refractivity contribution < 1.29 is 23.9 Å². The lowest BCUT2D eigenvalue weighted by Gasteiger charge is -2.53. The molecule has 4 aliphatic heterocycles. The zero-order valence-electron chi connectivity index (χ0n) is 21.6. The van der Waals surface area contributed by atoms with E-state index >= 15 is 0 Å². The molecule has 8 nitrogen and oxygen atoms in total. The summed E-state index contributed by atoms with van der Waals surface area (Å²) in [6.07, 6.45) is 9.95. The van der Waals surface area contributed by atoms with Gasteiger partial charge in [0.2, 0.25) is 5.91 Å². The van der Waals surface area contributed by atoms with Crippen LogP contribution in [0.3, 0.4) is 0 Å². The minimum atomic E-state index is -0.872. The van der Waals surface area contributed by atoms with Gasteiger partial charge in [0, 0.05) is 44.3 Å². The molecule has 8 rings (SSSR count). The van der Waals surface area contributed by atoms with Crippen molar-refractivity contribution in [1.29, 1.82) is 0 Å². The number of carbonyl (C=O) groups excluding carboxylic acids is 3. The first-order valence-corrected chi connectivity index (χ1v) is 14.2. The van der Waals surface area contributed by atoms with Crippen molar-refractivity contribution in [3.8, 4) is 5.75 Å². The Balaban J connectivity index is 0.980. The molecule has 1 N–H and O–H groups in total. The van der Waals surface area contributed by atoms with Gasteiger partial charge in [0.15, 0.2) is 0 Å². The second-order valence-electron chi connectivity index (χ2n) is 12.3. The van der Waals surface area contributed by atoms with Crippen LogP contribution in [0.5, 0.6) is 5.75 Å². The zero-order chi connectivity index (χ0) is 25.3. The summed E-state index contributed by atoms with van der Waals surface area (Å²) in [6, 6.07) is 6.22. The SMILES string of the molecule is COC1CCC(C2CN([C@@H]3CCC[C@@H]3Oc3ccc4c(c3)CN(C35CC(C3)C(=O)NC5=O)C4=O)C2)CC1. The zero-order valence-corrected chi connectivity index (χ0v) is 21.6. The molecule has 4 heterocycles. The van der Waals surface area contributed by atoms with Crippen molar-refractivity contribution in [1.82, 2.24) is 15.1 Å². The molecule has 1 aromatic carbocycles. The van der Waals surface area contributed by atoms with Gasteiger partial charge in [-0.1, -0.05) is 0 Å². The summed E-state index contributed by atoms with van der Waals surface area (Å²) >= 11 is 0. The number of benzene rings is 1. The Morgan fingerprint density at radius 2 is 1.76 bits per heavy atom. The molecule has 3 amide bonds. The Morgan fingerprint density at radius 3 is 2.49 bits per heavy atom. The van der Waals surface area contributed by atoms with Gasteiger partial charge in [-0.2, -0.15) is 0 Å². The summed E-state index contributed by atoms with van der Waals surface area (Å²) in [5.74, 6) is 1.66. The van der Waals surface area contributed by atoms with E-state index in [1.165, 1.54) is 51.6 Å². The van der Waals surface area contributed by atoms with E-state index in [9.17, 15) is 14.4 Å². The van der Waals surface area contributed by atoms with E-state index in [1.807, 2.05) is 25.3 Å². The van der Waals surface area contributed by atoms with E-state index in [1.54, 1.807) is 4.90 Å². The number of rotatable bonds is 6. The summed E-state index contributed by atoms with van der Waals surface area (Å²) < 4.78 is 12.1. The second kappa shape index (κ2) is 8.80. The molecule has 1 aromatic rings. The van der Waals surface area contributed by atoms with E-state index in [4.69, 9.17) is 9.47 Å². The second-order valence-corrected chi connectivity index (χ2v) is 12.3. The van der Waals surface area contributed by atoms with Crippen molar-refractivity contribution in [3.05, 3.63) is 29.3 Å². The maximum absolute atomic E-state index is 13.2. The largest absolute Gasteiger partial charge is 0.489 e. The molecule has 0 unspecified atom stereocenters. The van der Waals surface area contributed by atoms with Crippen molar-refractivity contribution in [2.24, 2.45) is 17.8 Å². The molecule has 0 radical (unpaired) electrons. The molecular weight excluding hydrogens is 470 g/mol. The third-order valence-corrected chi connectivity index (χ3v) is 10.4. The third kappa shape index (κ3) is 3.74. The number of hydrogen-bond acceptors (Lipinski definition) is 6. The van der Waals surface area contributed by atoms with Crippen LogP contribution in [0.15, 0.2) is 18.2 Å². The highest BCUT2D eigenvalue weighted by molar-refractivity contribution is 6.10. The fraction of sp³-hybridized carbons (Fsp3) is 0.690. The number of nitrogens with one attached hydrogen (secondary N) is 1.